The molecule has 4 aliphatic rings. The van der Waals surface area contributed by atoms with Crippen LogP contribution in [0.15, 0.2) is 0 Å². The summed E-state index contributed by atoms with van der Waals surface area (Å²) in [7, 11) is 4.44. The van der Waals surface area contributed by atoms with E-state index in [9.17, 15) is 0 Å². The predicted octanol–water partition coefficient (Wildman–Crippen LogP) is 1.56. The Morgan fingerprint density at radius 1 is 1.18 bits per heavy atom. The molecule has 0 amide bonds. The highest BCUT2D eigenvalue weighted by atomic mass is 16.5. The van der Waals surface area contributed by atoms with Crippen LogP contribution in [0.3, 0.4) is 0 Å². The van der Waals surface area contributed by atoms with E-state index in [1.807, 2.05) is 0 Å². The maximum atomic E-state index is 6.02. The number of piperidine rings is 1. The summed E-state index contributed by atoms with van der Waals surface area (Å²) in [6.45, 7) is 5.95. The van der Waals surface area contributed by atoms with Gasteiger partial charge in [0, 0.05) is 43.1 Å². The molecule has 1 spiro atoms. The van der Waals surface area contributed by atoms with Crippen LogP contribution in [0.4, 0.5) is 0 Å². The molecule has 0 aromatic carbocycles. The second-order valence-electron chi connectivity index (χ2n) is 8.30. The van der Waals surface area contributed by atoms with Crippen molar-refractivity contribution in [1.29, 1.82) is 0 Å². The van der Waals surface area contributed by atoms with Gasteiger partial charge in [-0.25, -0.2) is 0 Å². The van der Waals surface area contributed by atoms with E-state index < -0.39 is 0 Å². The summed E-state index contributed by atoms with van der Waals surface area (Å²) in [5.74, 6) is 0.819. The average Bonchev–Trinajstić information content (AvgIpc) is 2.87. The van der Waals surface area contributed by atoms with Crippen molar-refractivity contribution >= 4 is 0 Å². The zero-order chi connectivity index (χ0) is 15.2. The van der Waals surface area contributed by atoms with Crippen molar-refractivity contribution in [3.63, 3.8) is 0 Å². The largest absolute Gasteiger partial charge is 0.377 e. The molecule has 0 bridgehead atoms. The van der Waals surface area contributed by atoms with E-state index in [0.29, 0.717) is 11.5 Å². The molecule has 4 fully saturated rings. The Morgan fingerprint density at radius 2 is 1.95 bits per heavy atom. The van der Waals surface area contributed by atoms with E-state index in [1.165, 1.54) is 64.7 Å². The molecule has 0 aromatic heterocycles. The van der Waals surface area contributed by atoms with Gasteiger partial charge in [-0.3, -0.25) is 0 Å². The second-order valence-corrected chi connectivity index (χ2v) is 8.30. The molecule has 0 aromatic rings. The first-order chi connectivity index (χ1) is 10.7. The highest BCUT2D eigenvalue weighted by molar-refractivity contribution is 5.18. The second kappa shape index (κ2) is 6.04. The molecular weight excluding hydrogens is 274 g/mol. The van der Waals surface area contributed by atoms with Gasteiger partial charge in [-0.15, -0.1) is 0 Å². The number of hydrogen-bond acceptors (Lipinski definition) is 4. The summed E-state index contributed by atoms with van der Waals surface area (Å²) in [5, 5.41) is 3.93. The smallest absolute Gasteiger partial charge is 0.0690 e. The standard InChI is InChI=1S/C18H33N3O/c1-20(2)14-4-10-21(11-5-14)12-9-19-16-15-6-13-22-17(15)18(16)7-3-8-18/h14-17,19H,3-13H2,1-2H3/t15-,16-,17-/m1/s1. The van der Waals surface area contributed by atoms with E-state index in [2.05, 4.69) is 29.2 Å². The molecular formula is C18H33N3O. The molecule has 1 N–H and O–H groups in total. The van der Waals surface area contributed by atoms with Gasteiger partial charge in [0.15, 0.2) is 0 Å². The fraction of sp³-hybridized carbons (Fsp3) is 1.00. The SMILES string of the molecule is CN(C)C1CCN(CCN[C@@H]2[C@H]3CCO[C@H]3C23CCC3)CC1. The summed E-state index contributed by atoms with van der Waals surface area (Å²) >= 11 is 0. The summed E-state index contributed by atoms with van der Waals surface area (Å²) in [6, 6.07) is 1.55. The minimum atomic E-state index is 0.541. The molecule has 2 saturated carbocycles. The number of nitrogens with one attached hydrogen (secondary N) is 1. The summed E-state index contributed by atoms with van der Waals surface area (Å²) in [5.41, 5.74) is 0.541. The van der Waals surface area contributed by atoms with Crippen molar-refractivity contribution in [3.8, 4) is 0 Å². The average molecular weight is 307 g/mol. The third-order valence-electron chi connectivity index (χ3n) is 7.12. The number of ether oxygens (including phenoxy) is 1. The lowest BCUT2D eigenvalue weighted by Crippen LogP contribution is -2.71. The van der Waals surface area contributed by atoms with Gasteiger partial charge in [-0.05, 0) is 59.3 Å². The highest BCUT2D eigenvalue weighted by Gasteiger charge is 2.66. The van der Waals surface area contributed by atoms with Crippen LogP contribution >= 0.6 is 0 Å². The van der Waals surface area contributed by atoms with Crippen LogP contribution in [0.2, 0.25) is 0 Å². The number of likely N-dealkylation sites (tertiary alicyclic amines) is 1. The van der Waals surface area contributed by atoms with Crippen LogP contribution in [0.1, 0.15) is 38.5 Å². The molecule has 2 saturated heterocycles. The quantitative estimate of drug-likeness (QED) is 0.834. The van der Waals surface area contributed by atoms with Gasteiger partial charge in [0.05, 0.1) is 6.10 Å². The topological polar surface area (TPSA) is 27.7 Å². The van der Waals surface area contributed by atoms with Crippen LogP contribution < -0.4 is 5.32 Å². The van der Waals surface area contributed by atoms with Crippen molar-refractivity contribution in [2.45, 2.75) is 56.7 Å². The Balaban J connectivity index is 1.21. The van der Waals surface area contributed by atoms with Crippen molar-refractivity contribution in [2.75, 3.05) is 46.9 Å². The molecule has 2 aliphatic heterocycles. The van der Waals surface area contributed by atoms with Gasteiger partial charge < -0.3 is 19.9 Å². The molecule has 2 heterocycles. The minimum absolute atomic E-state index is 0.541. The Morgan fingerprint density at radius 3 is 2.59 bits per heavy atom. The van der Waals surface area contributed by atoms with Gasteiger partial charge in [-0.1, -0.05) is 6.42 Å². The number of nitrogens with zero attached hydrogens (tertiary/aromatic N) is 2. The zero-order valence-electron chi connectivity index (χ0n) is 14.4. The first kappa shape index (κ1) is 15.4. The molecule has 2 aliphatic carbocycles. The molecule has 22 heavy (non-hydrogen) atoms. The van der Waals surface area contributed by atoms with E-state index >= 15 is 0 Å². The molecule has 4 heteroatoms. The lowest BCUT2D eigenvalue weighted by molar-refractivity contribution is -0.176. The van der Waals surface area contributed by atoms with E-state index in [4.69, 9.17) is 4.74 Å². The van der Waals surface area contributed by atoms with Crippen LogP contribution in [0, 0.1) is 11.3 Å². The molecule has 126 valence electrons. The Hall–Kier alpha value is -0.160. The van der Waals surface area contributed by atoms with Gasteiger partial charge >= 0.3 is 0 Å². The molecule has 4 nitrogen and oxygen atoms in total. The molecule has 4 rings (SSSR count). The van der Waals surface area contributed by atoms with Crippen LogP contribution in [-0.2, 0) is 4.74 Å². The van der Waals surface area contributed by atoms with Crippen molar-refractivity contribution < 1.29 is 4.74 Å². The third kappa shape index (κ3) is 2.43. The maximum Gasteiger partial charge on any atom is 0.0690 e. The van der Waals surface area contributed by atoms with Crippen LogP contribution in [0.5, 0.6) is 0 Å². The summed E-state index contributed by atoms with van der Waals surface area (Å²) in [4.78, 5) is 5.05. The lowest BCUT2D eigenvalue weighted by Gasteiger charge is -2.63. The van der Waals surface area contributed by atoms with Crippen molar-refractivity contribution in [1.82, 2.24) is 15.1 Å². The fourth-order valence-electron chi connectivity index (χ4n) is 5.60. The first-order valence-corrected chi connectivity index (χ1v) is 9.44. The monoisotopic (exact) mass is 307 g/mol. The molecule has 0 unspecified atom stereocenters. The minimum Gasteiger partial charge on any atom is -0.377 e. The molecule has 3 atom stereocenters. The third-order valence-corrected chi connectivity index (χ3v) is 7.12. The fourth-order valence-corrected chi connectivity index (χ4v) is 5.60. The predicted molar refractivity (Wildman–Crippen MR) is 89.1 cm³/mol. The lowest BCUT2D eigenvalue weighted by atomic mass is 9.46. The van der Waals surface area contributed by atoms with E-state index in [-0.39, 0.29) is 0 Å². The first-order valence-electron chi connectivity index (χ1n) is 9.44. The highest BCUT2D eigenvalue weighted by Crippen LogP contribution is 2.62. The Labute approximate surface area is 135 Å². The number of fused-ring (bicyclic) bond motifs is 2. The van der Waals surface area contributed by atoms with Crippen molar-refractivity contribution in [2.24, 2.45) is 11.3 Å². The number of hydrogen-bond donors (Lipinski definition) is 1. The Bertz CT molecular complexity index is 388. The number of rotatable bonds is 5. The van der Waals surface area contributed by atoms with E-state index in [0.717, 1.165) is 24.6 Å². The maximum absolute atomic E-state index is 6.02. The van der Waals surface area contributed by atoms with Crippen molar-refractivity contribution in [3.05, 3.63) is 0 Å². The van der Waals surface area contributed by atoms with Gasteiger partial charge in [0.2, 0.25) is 0 Å². The summed E-state index contributed by atoms with van der Waals surface area (Å²) < 4.78 is 6.02. The molecule has 0 radical (unpaired) electrons. The van der Waals surface area contributed by atoms with Gasteiger partial charge in [0.25, 0.3) is 0 Å². The normalized spacial score (nSPS) is 38.0. The van der Waals surface area contributed by atoms with Crippen LogP contribution in [-0.4, -0.2) is 74.9 Å². The van der Waals surface area contributed by atoms with E-state index in [1.54, 1.807) is 0 Å². The van der Waals surface area contributed by atoms with Crippen LogP contribution in [0.25, 0.3) is 0 Å². The Kier molecular flexibility index (Phi) is 4.22. The van der Waals surface area contributed by atoms with Gasteiger partial charge in [-0.2, -0.15) is 0 Å². The van der Waals surface area contributed by atoms with Gasteiger partial charge in [0.1, 0.15) is 0 Å². The zero-order valence-corrected chi connectivity index (χ0v) is 14.4. The summed E-state index contributed by atoms with van der Waals surface area (Å²) in [6.07, 6.45) is 8.79.